The summed E-state index contributed by atoms with van der Waals surface area (Å²) in [6, 6.07) is 13.8. The number of likely N-dealkylation sites (N-methyl/N-ethyl adjacent to an activating group) is 1. The largest absolute Gasteiger partial charge is 0.324 e. The van der Waals surface area contributed by atoms with Gasteiger partial charge >= 0.3 is 0 Å². The molecule has 0 saturated heterocycles. The molecule has 0 aliphatic carbocycles. The number of nitrogens with one attached hydrogen (secondary N) is 1. The smallest absolute Gasteiger partial charge is 0.238 e. The zero-order valence-corrected chi connectivity index (χ0v) is 12.4. The average molecular weight is 307 g/mol. The first-order valence-electron chi connectivity index (χ1n) is 6.52. The highest BCUT2D eigenvalue weighted by atomic mass is 35.5. The predicted octanol–water partition coefficient (Wildman–Crippen LogP) is 3.55. The molecule has 0 radical (unpaired) electrons. The van der Waals surface area contributed by atoms with E-state index in [0.29, 0.717) is 12.2 Å². The Balaban J connectivity index is 1.89. The first-order chi connectivity index (χ1) is 10.0. The van der Waals surface area contributed by atoms with Crippen molar-refractivity contribution in [2.45, 2.75) is 6.54 Å². The van der Waals surface area contributed by atoms with Crippen LogP contribution in [0.4, 0.5) is 10.1 Å². The molecule has 0 aliphatic heterocycles. The van der Waals surface area contributed by atoms with Crippen molar-refractivity contribution in [3.05, 3.63) is 64.9 Å². The molecular weight excluding hydrogens is 291 g/mol. The van der Waals surface area contributed by atoms with Crippen LogP contribution in [0.15, 0.2) is 48.5 Å². The van der Waals surface area contributed by atoms with Crippen molar-refractivity contribution in [3.63, 3.8) is 0 Å². The number of hydrogen-bond donors (Lipinski definition) is 1. The van der Waals surface area contributed by atoms with E-state index in [9.17, 15) is 9.18 Å². The van der Waals surface area contributed by atoms with Crippen molar-refractivity contribution in [3.8, 4) is 0 Å². The maximum Gasteiger partial charge on any atom is 0.238 e. The van der Waals surface area contributed by atoms with Gasteiger partial charge in [-0.3, -0.25) is 9.69 Å². The highest BCUT2D eigenvalue weighted by Crippen LogP contribution is 2.22. The summed E-state index contributed by atoms with van der Waals surface area (Å²) in [6.07, 6.45) is 0. The lowest BCUT2D eigenvalue weighted by molar-refractivity contribution is -0.117. The molecule has 0 fully saturated rings. The topological polar surface area (TPSA) is 32.3 Å². The minimum Gasteiger partial charge on any atom is -0.324 e. The van der Waals surface area contributed by atoms with Gasteiger partial charge in [-0.15, -0.1) is 0 Å². The summed E-state index contributed by atoms with van der Waals surface area (Å²) in [5, 5.41) is 2.86. The Labute approximate surface area is 128 Å². The van der Waals surface area contributed by atoms with Crippen LogP contribution in [0.25, 0.3) is 0 Å². The number of halogens is 2. The van der Waals surface area contributed by atoms with E-state index < -0.39 is 5.82 Å². The molecule has 0 unspecified atom stereocenters. The summed E-state index contributed by atoms with van der Waals surface area (Å²) in [5.41, 5.74) is 1.55. The first-order valence-corrected chi connectivity index (χ1v) is 6.90. The van der Waals surface area contributed by atoms with E-state index >= 15 is 0 Å². The molecule has 2 aromatic rings. The fourth-order valence-electron chi connectivity index (χ4n) is 1.98. The van der Waals surface area contributed by atoms with E-state index in [0.717, 1.165) is 5.56 Å². The van der Waals surface area contributed by atoms with Gasteiger partial charge in [-0.1, -0.05) is 41.9 Å². The van der Waals surface area contributed by atoms with Gasteiger partial charge in [-0.2, -0.15) is 0 Å². The number of rotatable bonds is 5. The van der Waals surface area contributed by atoms with Crippen LogP contribution >= 0.6 is 11.6 Å². The van der Waals surface area contributed by atoms with Gasteiger partial charge in [0, 0.05) is 6.54 Å². The van der Waals surface area contributed by atoms with Crippen LogP contribution in [-0.4, -0.2) is 24.4 Å². The van der Waals surface area contributed by atoms with Crippen LogP contribution in [0.3, 0.4) is 0 Å². The molecular formula is C16H16ClFN2O. The fourth-order valence-corrected chi connectivity index (χ4v) is 2.19. The van der Waals surface area contributed by atoms with E-state index in [4.69, 9.17) is 11.6 Å². The van der Waals surface area contributed by atoms with Gasteiger partial charge in [0.15, 0.2) is 0 Å². The second-order valence-corrected chi connectivity index (χ2v) is 5.24. The lowest BCUT2D eigenvalue weighted by atomic mass is 10.2. The third kappa shape index (κ3) is 4.85. The SMILES string of the molecule is CN(CC(=O)Nc1ccc(F)cc1Cl)Cc1ccccc1. The van der Waals surface area contributed by atoms with Crippen LogP contribution < -0.4 is 5.32 Å². The third-order valence-corrected chi connectivity index (χ3v) is 3.23. The highest BCUT2D eigenvalue weighted by molar-refractivity contribution is 6.33. The second kappa shape index (κ2) is 7.20. The monoisotopic (exact) mass is 306 g/mol. The van der Waals surface area contributed by atoms with Gasteiger partial charge in [0.25, 0.3) is 0 Å². The minimum absolute atomic E-state index is 0.189. The standard InChI is InChI=1S/C16H16ClFN2O/c1-20(10-12-5-3-2-4-6-12)11-16(21)19-15-8-7-13(18)9-14(15)17/h2-9H,10-11H2,1H3,(H,19,21). The Morgan fingerprint density at radius 3 is 2.62 bits per heavy atom. The zero-order valence-electron chi connectivity index (χ0n) is 11.6. The summed E-state index contributed by atoms with van der Waals surface area (Å²) < 4.78 is 12.9. The summed E-state index contributed by atoms with van der Waals surface area (Å²) >= 11 is 5.87. The number of carbonyl (C=O) groups excluding carboxylic acids is 1. The zero-order chi connectivity index (χ0) is 15.2. The van der Waals surface area contributed by atoms with Crippen molar-refractivity contribution in [1.82, 2.24) is 4.90 Å². The summed E-state index contributed by atoms with van der Waals surface area (Å²) in [6.45, 7) is 0.897. The maximum absolute atomic E-state index is 12.9. The summed E-state index contributed by atoms with van der Waals surface area (Å²) in [4.78, 5) is 13.8. The Bertz CT molecular complexity index is 619. The Morgan fingerprint density at radius 1 is 1.24 bits per heavy atom. The van der Waals surface area contributed by atoms with E-state index in [1.807, 2.05) is 42.3 Å². The molecule has 0 bridgehead atoms. The number of nitrogens with zero attached hydrogens (tertiary/aromatic N) is 1. The maximum atomic E-state index is 12.9. The number of benzene rings is 2. The van der Waals surface area contributed by atoms with Gasteiger partial charge in [-0.25, -0.2) is 4.39 Å². The van der Waals surface area contributed by atoms with Crippen molar-refractivity contribution in [2.24, 2.45) is 0 Å². The lowest BCUT2D eigenvalue weighted by Gasteiger charge is -2.16. The van der Waals surface area contributed by atoms with Gasteiger partial charge in [0.1, 0.15) is 5.82 Å². The van der Waals surface area contributed by atoms with Crippen molar-refractivity contribution >= 4 is 23.2 Å². The van der Waals surface area contributed by atoms with Crippen LogP contribution in [-0.2, 0) is 11.3 Å². The quantitative estimate of drug-likeness (QED) is 0.916. The van der Waals surface area contributed by atoms with Gasteiger partial charge in [0.05, 0.1) is 17.3 Å². The Morgan fingerprint density at radius 2 is 1.95 bits per heavy atom. The molecule has 1 amide bonds. The summed E-state index contributed by atoms with van der Waals surface area (Å²) in [7, 11) is 1.86. The van der Waals surface area contributed by atoms with Crippen molar-refractivity contribution < 1.29 is 9.18 Å². The molecule has 1 N–H and O–H groups in total. The van der Waals surface area contributed by atoms with Gasteiger partial charge < -0.3 is 5.32 Å². The molecule has 0 saturated carbocycles. The first kappa shape index (κ1) is 15.5. The van der Waals surface area contributed by atoms with E-state index in [1.54, 1.807) is 0 Å². The van der Waals surface area contributed by atoms with Crippen LogP contribution in [0.1, 0.15) is 5.56 Å². The predicted molar refractivity (Wildman–Crippen MR) is 82.8 cm³/mol. The van der Waals surface area contributed by atoms with Crippen LogP contribution in [0.2, 0.25) is 5.02 Å². The Hall–Kier alpha value is -1.91. The molecule has 5 heteroatoms. The van der Waals surface area contributed by atoms with Crippen molar-refractivity contribution in [2.75, 3.05) is 18.9 Å². The van der Waals surface area contributed by atoms with E-state index in [1.165, 1.54) is 18.2 Å². The molecule has 0 spiro atoms. The molecule has 3 nitrogen and oxygen atoms in total. The average Bonchev–Trinajstić information content (AvgIpc) is 2.43. The molecule has 2 rings (SSSR count). The molecule has 2 aromatic carbocycles. The molecule has 0 aromatic heterocycles. The number of amides is 1. The van der Waals surface area contributed by atoms with Gasteiger partial charge in [0.2, 0.25) is 5.91 Å². The second-order valence-electron chi connectivity index (χ2n) is 4.83. The third-order valence-electron chi connectivity index (χ3n) is 2.91. The normalized spacial score (nSPS) is 10.7. The number of hydrogen-bond acceptors (Lipinski definition) is 2. The molecule has 21 heavy (non-hydrogen) atoms. The number of anilines is 1. The van der Waals surface area contributed by atoms with Crippen molar-refractivity contribution in [1.29, 1.82) is 0 Å². The minimum atomic E-state index is -0.431. The van der Waals surface area contributed by atoms with Crippen LogP contribution in [0.5, 0.6) is 0 Å². The molecule has 0 heterocycles. The lowest BCUT2D eigenvalue weighted by Crippen LogP contribution is -2.29. The molecule has 110 valence electrons. The fraction of sp³-hybridized carbons (Fsp3) is 0.188. The molecule has 0 aliphatic rings. The van der Waals surface area contributed by atoms with Gasteiger partial charge in [-0.05, 0) is 30.8 Å². The highest BCUT2D eigenvalue weighted by Gasteiger charge is 2.09. The molecule has 0 atom stereocenters. The summed E-state index contributed by atoms with van der Waals surface area (Å²) in [5.74, 6) is -0.624. The van der Waals surface area contributed by atoms with Crippen LogP contribution in [0, 0.1) is 5.82 Å². The number of carbonyl (C=O) groups is 1. The van der Waals surface area contributed by atoms with E-state index in [-0.39, 0.29) is 17.5 Å². The Kier molecular flexibility index (Phi) is 5.31. The van der Waals surface area contributed by atoms with E-state index in [2.05, 4.69) is 5.32 Å².